The van der Waals surface area contributed by atoms with E-state index in [2.05, 4.69) is 0 Å². The quantitative estimate of drug-likeness (QED) is 0.663. The second-order valence-electron chi connectivity index (χ2n) is 9.71. The molecule has 0 radical (unpaired) electrons. The molecule has 10 nitrogen and oxygen atoms in total. The Labute approximate surface area is 165 Å². The SMILES string of the molecule is CN1C(=O)N(C(C)(C)C)C2OC(C3OC4C(O3)N(C(C)(C)C)C(=O)N4C)OC21. The molecule has 0 aromatic heterocycles. The van der Waals surface area contributed by atoms with E-state index < -0.39 is 48.6 Å². The van der Waals surface area contributed by atoms with Crippen LogP contribution in [0, 0.1) is 0 Å². The van der Waals surface area contributed by atoms with E-state index in [0.29, 0.717) is 0 Å². The lowest BCUT2D eigenvalue weighted by Crippen LogP contribution is -2.50. The van der Waals surface area contributed by atoms with Crippen molar-refractivity contribution in [2.24, 2.45) is 0 Å². The van der Waals surface area contributed by atoms with Crippen molar-refractivity contribution in [3.63, 3.8) is 0 Å². The second-order valence-corrected chi connectivity index (χ2v) is 9.71. The molecule has 158 valence electrons. The lowest BCUT2D eigenvalue weighted by Gasteiger charge is -2.36. The Morgan fingerprint density at radius 3 is 1.18 bits per heavy atom. The van der Waals surface area contributed by atoms with E-state index in [1.54, 1.807) is 23.9 Å². The molecule has 4 aliphatic heterocycles. The van der Waals surface area contributed by atoms with Crippen molar-refractivity contribution in [2.75, 3.05) is 14.1 Å². The third kappa shape index (κ3) is 2.69. The van der Waals surface area contributed by atoms with Crippen molar-refractivity contribution in [1.29, 1.82) is 0 Å². The van der Waals surface area contributed by atoms with Crippen LogP contribution in [0.15, 0.2) is 0 Å². The molecule has 0 aromatic carbocycles. The van der Waals surface area contributed by atoms with Gasteiger partial charge in [-0.3, -0.25) is 19.6 Å². The monoisotopic (exact) mass is 398 g/mol. The zero-order valence-electron chi connectivity index (χ0n) is 17.7. The predicted molar refractivity (Wildman–Crippen MR) is 96.6 cm³/mol. The van der Waals surface area contributed by atoms with Gasteiger partial charge in [0, 0.05) is 25.2 Å². The average molecular weight is 398 g/mol. The van der Waals surface area contributed by atoms with Gasteiger partial charge in [0.05, 0.1) is 0 Å². The molecule has 4 heterocycles. The number of hydrogen-bond donors (Lipinski definition) is 0. The van der Waals surface area contributed by atoms with Gasteiger partial charge in [-0.2, -0.15) is 0 Å². The van der Waals surface area contributed by atoms with Crippen molar-refractivity contribution in [2.45, 2.75) is 90.1 Å². The smallest absolute Gasteiger partial charge is 0.319 e. The summed E-state index contributed by atoms with van der Waals surface area (Å²) in [6.45, 7) is 11.7. The van der Waals surface area contributed by atoms with Crippen molar-refractivity contribution in [3.05, 3.63) is 0 Å². The fourth-order valence-corrected chi connectivity index (χ4v) is 4.19. The number of likely N-dealkylation sites (N-methyl/N-ethyl adjacent to an activating group) is 2. The summed E-state index contributed by atoms with van der Waals surface area (Å²) in [7, 11) is 3.38. The highest BCUT2D eigenvalue weighted by Gasteiger charge is 2.61. The third-order valence-electron chi connectivity index (χ3n) is 5.54. The maximum Gasteiger partial charge on any atom is 0.324 e. The van der Waals surface area contributed by atoms with Crippen LogP contribution in [-0.2, 0) is 18.9 Å². The van der Waals surface area contributed by atoms with Crippen LogP contribution >= 0.6 is 0 Å². The highest BCUT2D eigenvalue weighted by molar-refractivity contribution is 5.78. The first-order valence-electron chi connectivity index (χ1n) is 9.56. The molecular formula is C18H30N4O6. The van der Waals surface area contributed by atoms with E-state index >= 15 is 0 Å². The number of carbonyl (C=O) groups excluding carboxylic acids is 2. The summed E-state index contributed by atoms with van der Waals surface area (Å²) >= 11 is 0. The summed E-state index contributed by atoms with van der Waals surface area (Å²) in [4.78, 5) is 31.5. The van der Waals surface area contributed by atoms with Gasteiger partial charge in [-0.05, 0) is 41.5 Å². The maximum atomic E-state index is 12.6. The normalized spacial score (nSPS) is 38.7. The van der Waals surface area contributed by atoms with Gasteiger partial charge < -0.3 is 18.9 Å². The minimum Gasteiger partial charge on any atom is -0.319 e. The predicted octanol–water partition coefficient (Wildman–Crippen LogP) is 1.37. The molecule has 0 spiro atoms. The first kappa shape index (κ1) is 19.7. The Balaban J connectivity index is 1.51. The van der Waals surface area contributed by atoms with Crippen LogP contribution in [0.3, 0.4) is 0 Å². The minimum absolute atomic E-state index is 0.143. The third-order valence-corrected chi connectivity index (χ3v) is 5.54. The zero-order chi connectivity index (χ0) is 20.8. The lowest BCUT2D eigenvalue weighted by atomic mass is 10.1. The van der Waals surface area contributed by atoms with Crippen LogP contribution in [-0.4, -0.2) is 94.3 Å². The molecule has 4 fully saturated rings. The zero-order valence-corrected chi connectivity index (χ0v) is 17.7. The number of nitrogens with zero attached hydrogens (tertiary/aromatic N) is 4. The molecular weight excluding hydrogens is 368 g/mol. The number of ether oxygens (including phenoxy) is 4. The Morgan fingerprint density at radius 2 is 0.893 bits per heavy atom. The van der Waals surface area contributed by atoms with Crippen molar-refractivity contribution in [3.8, 4) is 0 Å². The molecule has 0 bridgehead atoms. The molecule has 10 heteroatoms. The number of carbonyl (C=O) groups is 2. The van der Waals surface area contributed by atoms with Gasteiger partial charge in [-0.15, -0.1) is 0 Å². The Bertz CT molecular complexity index is 631. The fraction of sp³-hybridized carbons (Fsp3) is 0.889. The summed E-state index contributed by atoms with van der Waals surface area (Å²) in [6, 6.07) is -0.286. The van der Waals surface area contributed by atoms with Gasteiger partial charge in [0.15, 0.2) is 24.9 Å². The molecule has 0 aromatic rings. The first-order chi connectivity index (χ1) is 12.8. The summed E-state index contributed by atoms with van der Waals surface area (Å²) in [5.41, 5.74) is -0.848. The maximum absolute atomic E-state index is 12.6. The minimum atomic E-state index is -0.800. The van der Waals surface area contributed by atoms with Crippen molar-refractivity contribution in [1.82, 2.24) is 19.6 Å². The molecule has 28 heavy (non-hydrogen) atoms. The van der Waals surface area contributed by atoms with Gasteiger partial charge in [0.25, 0.3) is 0 Å². The summed E-state index contributed by atoms with van der Waals surface area (Å²) in [5, 5.41) is 0. The molecule has 4 saturated heterocycles. The fourth-order valence-electron chi connectivity index (χ4n) is 4.19. The molecule has 0 aliphatic carbocycles. The highest BCUT2D eigenvalue weighted by Crippen LogP contribution is 2.42. The van der Waals surface area contributed by atoms with Crippen molar-refractivity contribution < 1.29 is 28.5 Å². The van der Waals surface area contributed by atoms with Crippen LogP contribution in [0.2, 0.25) is 0 Å². The summed E-state index contributed by atoms with van der Waals surface area (Å²) in [6.07, 6.45) is -3.77. The lowest BCUT2D eigenvalue weighted by molar-refractivity contribution is -0.245. The standard InChI is InChI=1S/C18H30N4O6/c1-17(2,3)21-11-9(19(7)15(21)23)25-13(27-11)14-26-10-12(28-14)22(18(4,5)6)16(24)20(10)8/h9-14H,1-8H3. The average Bonchev–Trinajstić information content (AvgIpc) is 3.24. The summed E-state index contributed by atoms with van der Waals surface area (Å²) in [5.74, 6) is 0. The van der Waals surface area contributed by atoms with E-state index in [1.807, 2.05) is 41.5 Å². The summed E-state index contributed by atoms with van der Waals surface area (Å²) < 4.78 is 24.1. The number of fused-ring (bicyclic) bond motifs is 2. The molecule has 4 amide bonds. The Morgan fingerprint density at radius 1 is 0.607 bits per heavy atom. The molecule has 4 rings (SSSR count). The van der Waals surface area contributed by atoms with E-state index in [1.165, 1.54) is 9.80 Å². The van der Waals surface area contributed by atoms with Crippen LogP contribution in [0.5, 0.6) is 0 Å². The Kier molecular flexibility index (Phi) is 4.18. The number of amides is 4. The molecule has 6 atom stereocenters. The van der Waals surface area contributed by atoms with Crippen LogP contribution < -0.4 is 0 Å². The van der Waals surface area contributed by atoms with Gasteiger partial charge in [-0.1, -0.05) is 0 Å². The van der Waals surface area contributed by atoms with Crippen LogP contribution in [0.4, 0.5) is 9.59 Å². The highest BCUT2D eigenvalue weighted by atomic mass is 16.8. The number of rotatable bonds is 1. The first-order valence-corrected chi connectivity index (χ1v) is 9.56. The van der Waals surface area contributed by atoms with Gasteiger partial charge in [0.2, 0.25) is 12.6 Å². The number of urea groups is 2. The van der Waals surface area contributed by atoms with Crippen LogP contribution in [0.1, 0.15) is 41.5 Å². The molecule has 0 saturated carbocycles. The van der Waals surface area contributed by atoms with E-state index in [-0.39, 0.29) is 12.1 Å². The van der Waals surface area contributed by atoms with E-state index in [0.717, 1.165) is 0 Å². The van der Waals surface area contributed by atoms with Gasteiger partial charge in [-0.25, -0.2) is 9.59 Å². The van der Waals surface area contributed by atoms with Gasteiger partial charge >= 0.3 is 12.1 Å². The van der Waals surface area contributed by atoms with E-state index in [9.17, 15) is 9.59 Å². The molecule has 4 aliphatic rings. The number of hydrogen-bond acceptors (Lipinski definition) is 6. The Hall–Kier alpha value is -1.62. The van der Waals surface area contributed by atoms with Crippen molar-refractivity contribution >= 4 is 12.1 Å². The van der Waals surface area contributed by atoms with E-state index in [4.69, 9.17) is 18.9 Å². The van der Waals surface area contributed by atoms with Crippen LogP contribution in [0.25, 0.3) is 0 Å². The largest absolute Gasteiger partial charge is 0.324 e. The van der Waals surface area contributed by atoms with Gasteiger partial charge in [0.1, 0.15) is 0 Å². The molecule has 6 unspecified atom stereocenters. The second kappa shape index (κ2) is 5.94. The molecule has 0 N–H and O–H groups in total. The topological polar surface area (TPSA) is 84.0 Å².